The predicted octanol–water partition coefficient (Wildman–Crippen LogP) is 3.39. The van der Waals surface area contributed by atoms with Crippen molar-refractivity contribution in [3.05, 3.63) is 35.4 Å². The zero-order chi connectivity index (χ0) is 19.2. The van der Waals surface area contributed by atoms with Crippen molar-refractivity contribution in [3.63, 3.8) is 0 Å². The highest BCUT2D eigenvalue weighted by Gasteiger charge is 2.18. The Kier molecular flexibility index (Phi) is 5.87. The first-order valence-electron chi connectivity index (χ1n) is 9.12. The van der Waals surface area contributed by atoms with Crippen molar-refractivity contribution in [1.82, 2.24) is 14.8 Å². The van der Waals surface area contributed by atoms with Crippen molar-refractivity contribution in [2.45, 2.75) is 46.1 Å². The zero-order valence-electron chi connectivity index (χ0n) is 15.6. The summed E-state index contributed by atoms with van der Waals surface area (Å²) >= 11 is 0. The molecule has 1 aromatic carbocycles. The number of hydrogen-bond donors (Lipinski definition) is 0. The molecule has 0 amide bonds. The normalized spacial score (nSPS) is 14.0. The smallest absolute Gasteiger partial charge is 0.308 e. The van der Waals surface area contributed by atoms with Crippen LogP contribution in [0.1, 0.15) is 50.3 Å². The quantitative estimate of drug-likeness (QED) is 0.458. The van der Waals surface area contributed by atoms with Crippen LogP contribution in [0.3, 0.4) is 0 Å². The first-order chi connectivity index (χ1) is 13.1. The van der Waals surface area contributed by atoms with Crippen LogP contribution < -0.4 is 9.47 Å². The highest BCUT2D eigenvalue weighted by atomic mass is 16.6. The van der Waals surface area contributed by atoms with E-state index in [9.17, 15) is 10.1 Å². The molecule has 7 heteroatoms. The second-order valence-electron chi connectivity index (χ2n) is 6.30. The number of nitriles is 1. The summed E-state index contributed by atoms with van der Waals surface area (Å²) < 4.78 is 12.8. The number of rotatable bonds is 5. The number of nitrogens with zero attached hydrogens (tertiary/aromatic N) is 4. The fourth-order valence-corrected chi connectivity index (χ4v) is 3.12. The van der Waals surface area contributed by atoms with Gasteiger partial charge in [-0.05, 0) is 43.5 Å². The van der Waals surface area contributed by atoms with Crippen LogP contribution in [0.5, 0.6) is 11.5 Å². The number of carbonyl (C=O) groups excluding carboxylic acids is 1. The molecule has 0 N–H and O–H groups in total. The number of esters is 1. The Morgan fingerprint density at radius 1 is 1.30 bits per heavy atom. The Hall–Kier alpha value is -3.14. The van der Waals surface area contributed by atoms with E-state index in [2.05, 4.69) is 16.3 Å². The molecule has 0 spiro atoms. The second-order valence-corrected chi connectivity index (χ2v) is 6.30. The van der Waals surface area contributed by atoms with Gasteiger partial charge in [0.2, 0.25) is 0 Å². The molecule has 0 fully saturated rings. The summed E-state index contributed by atoms with van der Waals surface area (Å²) in [4.78, 5) is 11.2. The summed E-state index contributed by atoms with van der Waals surface area (Å²) in [6.45, 7) is 4.46. The minimum Gasteiger partial charge on any atom is -0.490 e. The molecular weight excluding hydrogens is 344 g/mol. The molecule has 1 aliphatic rings. The van der Waals surface area contributed by atoms with Crippen LogP contribution in [-0.2, 0) is 17.8 Å². The fraction of sp³-hybridized carbons (Fsp3) is 0.400. The molecule has 0 saturated heterocycles. The van der Waals surface area contributed by atoms with E-state index in [1.807, 2.05) is 11.5 Å². The number of benzene rings is 1. The van der Waals surface area contributed by atoms with Gasteiger partial charge in [0.1, 0.15) is 11.9 Å². The van der Waals surface area contributed by atoms with Gasteiger partial charge < -0.3 is 14.0 Å². The van der Waals surface area contributed by atoms with Crippen LogP contribution in [0.4, 0.5) is 0 Å². The standard InChI is InChI=1S/C20H22N4O3/c1-3-26-18-12-15(8-9-17(18)27-14(2)25)11-16(13-21)20-23-22-19-7-5-4-6-10-24(19)20/h8-9,11-12H,3-7,10H2,1-2H3. The van der Waals surface area contributed by atoms with Crippen LogP contribution in [0.15, 0.2) is 18.2 Å². The van der Waals surface area contributed by atoms with Crippen molar-refractivity contribution < 1.29 is 14.3 Å². The van der Waals surface area contributed by atoms with Gasteiger partial charge in [0.15, 0.2) is 17.3 Å². The summed E-state index contributed by atoms with van der Waals surface area (Å²) in [6, 6.07) is 7.42. The van der Waals surface area contributed by atoms with Gasteiger partial charge in [-0.3, -0.25) is 4.79 Å². The number of ether oxygens (including phenoxy) is 2. The fourth-order valence-electron chi connectivity index (χ4n) is 3.12. The minimum atomic E-state index is -0.414. The molecular formula is C20H22N4O3. The Bertz CT molecular complexity index is 908. The van der Waals surface area contributed by atoms with Crippen LogP contribution in [0.2, 0.25) is 0 Å². The van der Waals surface area contributed by atoms with Crippen molar-refractivity contribution >= 4 is 17.6 Å². The van der Waals surface area contributed by atoms with Crippen molar-refractivity contribution in [3.8, 4) is 17.6 Å². The van der Waals surface area contributed by atoms with E-state index in [1.165, 1.54) is 6.92 Å². The van der Waals surface area contributed by atoms with Crippen LogP contribution >= 0.6 is 0 Å². The van der Waals surface area contributed by atoms with Gasteiger partial charge >= 0.3 is 5.97 Å². The molecule has 2 aromatic rings. The van der Waals surface area contributed by atoms with E-state index in [1.54, 1.807) is 24.3 Å². The number of allylic oxidation sites excluding steroid dienone is 1. The van der Waals surface area contributed by atoms with E-state index >= 15 is 0 Å². The van der Waals surface area contributed by atoms with E-state index in [4.69, 9.17) is 9.47 Å². The molecule has 1 aromatic heterocycles. The van der Waals surface area contributed by atoms with Crippen LogP contribution in [0, 0.1) is 11.3 Å². The van der Waals surface area contributed by atoms with Gasteiger partial charge in [-0.1, -0.05) is 12.5 Å². The summed E-state index contributed by atoms with van der Waals surface area (Å²) in [5, 5.41) is 18.2. The topological polar surface area (TPSA) is 90.0 Å². The summed E-state index contributed by atoms with van der Waals surface area (Å²) in [5.41, 5.74) is 1.20. The monoisotopic (exact) mass is 366 g/mol. The van der Waals surface area contributed by atoms with Crippen molar-refractivity contribution in [2.75, 3.05) is 6.61 Å². The molecule has 140 valence electrons. The number of aryl methyl sites for hydroxylation is 1. The van der Waals surface area contributed by atoms with Crippen molar-refractivity contribution in [2.24, 2.45) is 0 Å². The first kappa shape index (κ1) is 18.6. The Morgan fingerprint density at radius 3 is 2.89 bits per heavy atom. The third kappa shape index (κ3) is 4.34. The molecule has 3 rings (SSSR count). The Balaban J connectivity index is 1.97. The molecule has 0 radical (unpaired) electrons. The molecule has 1 aliphatic heterocycles. The molecule has 0 saturated carbocycles. The summed E-state index contributed by atoms with van der Waals surface area (Å²) in [7, 11) is 0. The maximum Gasteiger partial charge on any atom is 0.308 e. The van der Waals surface area contributed by atoms with Crippen LogP contribution in [0.25, 0.3) is 11.6 Å². The maximum atomic E-state index is 11.2. The average molecular weight is 366 g/mol. The predicted molar refractivity (Wildman–Crippen MR) is 100.0 cm³/mol. The number of aromatic nitrogens is 3. The Morgan fingerprint density at radius 2 is 2.15 bits per heavy atom. The molecule has 0 atom stereocenters. The minimum absolute atomic E-state index is 0.358. The third-order valence-corrected chi connectivity index (χ3v) is 4.30. The lowest BCUT2D eigenvalue weighted by Crippen LogP contribution is -2.05. The highest BCUT2D eigenvalue weighted by Crippen LogP contribution is 2.30. The molecule has 0 unspecified atom stereocenters. The Labute approximate surface area is 158 Å². The average Bonchev–Trinajstić information content (AvgIpc) is 2.89. The van der Waals surface area contributed by atoms with E-state index < -0.39 is 5.97 Å². The second kappa shape index (κ2) is 8.49. The summed E-state index contributed by atoms with van der Waals surface area (Å²) in [6.07, 6.45) is 5.95. The molecule has 0 bridgehead atoms. The van der Waals surface area contributed by atoms with Gasteiger partial charge in [0.25, 0.3) is 0 Å². The van der Waals surface area contributed by atoms with Gasteiger partial charge in [-0.2, -0.15) is 5.26 Å². The van der Waals surface area contributed by atoms with Crippen LogP contribution in [-0.4, -0.2) is 27.3 Å². The van der Waals surface area contributed by atoms with Gasteiger partial charge in [0, 0.05) is 19.9 Å². The molecule has 0 aliphatic carbocycles. The number of carbonyl (C=O) groups is 1. The maximum absolute atomic E-state index is 11.2. The van der Waals surface area contributed by atoms with Gasteiger partial charge in [0.05, 0.1) is 12.2 Å². The lowest BCUT2D eigenvalue weighted by atomic mass is 10.1. The van der Waals surface area contributed by atoms with Gasteiger partial charge in [-0.25, -0.2) is 0 Å². The van der Waals surface area contributed by atoms with Crippen molar-refractivity contribution in [1.29, 1.82) is 5.26 Å². The first-order valence-corrected chi connectivity index (χ1v) is 9.12. The third-order valence-electron chi connectivity index (χ3n) is 4.30. The zero-order valence-corrected chi connectivity index (χ0v) is 15.6. The van der Waals surface area contributed by atoms with E-state index in [0.29, 0.717) is 29.5 Å². The van der Waals surface area contributed by atoms with E-state index in [-0.39, 0.29) is 0 Å². The van der Waals surface area contributed by atoms with Gasteiger partial charge in [-0.15, -0.1) is 10.2 Å². The number of hydrogen-bond acceptors (Lipinski definition) is 6. The largest absolute Gasteiger partial charge is 0.490 e. The highest BCUT2D eigenvalue weighted by molar-refractivity contribution is 5.87. The molecule has 27 heavy (non-hydrogen) atoms. The summed E-state index contributed by atoms with van der Waals surface area (Å²) in [5.74, 6) is 1.93. The SMILES string of the molecule is CCOc1cc(C=C(C#N)c2nnc3n2CCCCC3)ccc1OC(C)=O. The van der Waals surface area contributed by atoms with E-state index in [0.717, 1.165) is 43.6 Å². The lowest BCUT2D eigenvalue weighted by Gasteiger charge is -2.10. The number of fused-ring (bicyclic) bond motifs is 1. The molecule has 2 heterocycles. The lowest BCUT2D eigenvalue weighted by molar-refractivity contribution is -0.132. The molecule has 7 nitrogen and oxygen atoms in total.